The molecule has 1 heterocycles. The Kier molecular flexibility index (Phi) is 7.63. The lowest BCUT2D eigenvalue weighted by Gasteiger charge is -2.22. The zero-order valence-electron chi connectivity index (χ0n) is 15.7. The molecule has 2 N–H and O–H groups in total. The van der Waals surface area contributed by atoms with Crippen LogP contribution >= 0.6 is 0 Å². The van der Waals surface area contributed by atoms with E-state index in [2.05, 4.69) is 10.6 Å². The third-order valence-corrected chi connectivity index (χ3v) is 4.55. The van der Waals surface area contributed by atoms with Gasteiger partial charge in [0, 0.05) is 26.1 Å². The van der Waals surface area contributed by atoms with Crippen LogP contribution in [-0.4, -0.2) is 48.3 Å². The number of nitrogens with one attached hydrogen (secondary N) is 2. The first-order valence-electron chi connectivity index (χ1n) is 9.36. The Hall–Kier alpha value is -2.37. The van der Waals surface area contributed by atoms with Gasteiger partial charge in [-0.05, 0) is 24.3 Å². The molecule has 1 aliphatic rings. The maximum Gasteiger partial charge on any atom is 0.242 e. The summed E-state index contributed by atoms with van der Waals surface area (Å²) >= 11 is 0. The van der Waals surface area contributed by atoms with Gasteiger partial charge in [-0.3, -0.25) is 14.4 Å². The van der Waals surface area contributed by atoms with Gasteiger partial charge in [-0.15, -0.1) is 0 Å². The van der Waals surface area contributed by atoms with Crippen molar-refractivity contribution < 1.29 is 14.4 Å². The average molecular weight is 359 g/mol. The van der Waals surface area contributed by atoms with E-state index in [1.165, 1.54) is 0 Å². The molecule has 0 aromatic heterocycles. The molecule has 1 fully saturated rings. The molecule has 6 heteroatoms. The summed E-state index contributed by atoms with van der Waals surface area (Å²) in [5, 5.41) is 5.72. The molecule has 1 aromatic carbocycles. The van der Waals surface area contributed by atoms with E-state index in [0.717, 1.165) is 24.9 Å². The van der Waals surface area contributed by atoms with Crippen LogP contribution in [0.5, 0.6) is 0 Å². The van der Waals surface area contributed by atoms with E-state index in [4.69, 9.17) is 0 Å². The Balaban J connectivity index is 1.75. The molecule has 1 aromatic rings. The van der Waals surface area contributed by atoms with Gasteiger partial charge in [0.2, 0.25) is 17.7 Å². The molecule has 2 rings (SSSR count). The fraction of sp³-hybridized carbons (Fsp3) is 0.550. The number of hydrogen-bond acceptors (Lipinski definition) is 3. The molecule has 1 unspecified atom stereocenters. The summed E-state index contributed by atoms with van der Waals surface area (Å²) < 4.78 is 0. The number of likely N-dealkylation sites (tertiary alicyclic amines) is 1. The Labute approximate surface area is 155 Å². The molecule has 3 amide bonds. The second-order valence-corrected chi connectivity index (χ2v) is 7.08. The Morgan fingerprint density at radius 1 is 1.19 bits per heavy atom. The lowest BCUT2D eigenvalue weighted by molar-refractivity contribution is -0.129. The minimum atomic E-state index is -0.556. The highest BCUT2D eigenvalue weighted by Gasteiger charge is 2.24. The van der Waals surface area contributed by atoms with Crippen LogP contribution in [0.25, 0.3) is 0 Å². The maximum atomic E-state index is 12.4. The molecule has 142 valence electrons. The molecular formula is C20H29N3O3. The van der Waals surface area contributed by atoms with Gasteiger partial charge in [0.05, 0.1) is 6.42 Å². The smallest absolute Gasteiger partial charge is 0.242 e. The van der Waals surface area contributed by atoms with Crippen LogP contribution in [0.3, 0.4) is 0 Å². The highest BCUT2D eigenvalue weighted by molar-refractivity contribution is 5.88. The van der Waals surface area contributed by atoms with Crippen LogP contribution in [0, 0.1) is 5.92 Å². The van der Waals surface area contributed by atoms with Crippen LogP contribution in [0.4, 0.5) is 0 Å². The topological polar surface area (TPSA) is 78.5 Å². The van der Waals surface area contributed by atoms with Gasteiger partial charge in [-0.25, -0.2) is 0 Å². The summed E-state index contributed by atoms with van der Waals surface area (Å²) in [4.78, 5) is 38.1. The van der Waals surface area contributed by atoms with Crippen molar-refractivity contribution in [1.29, 1.82) is 0 Å². The SMILES string of the molecule is CC(C)C(NC(=O)Cc1ccccc1)C(=O)NCCCN1CCCC1=O. The van der Waals surface area contributed by atoms with Crippen molar-refractivity contribution >= 4 is 17.7 Å². The second kappa shape index (κ2) is 9.94. The van der Waals surface area contributed by atoms with E-state index < -0.39 is 6.04 Å². The average Bonchev–Trinajstić information content (AvgIpc) is 3.02. The fourth-order valence-corrected chi connectivity index (χ4v) is 3.07. The summed E-state index contributed by atoms with van der Waals surface area (Å²) in [5.74, 6) is -0.138. The van der Waals surface area contributed by atoms with Crippen LogP contribution in [-0.2, 0) is 20.8 Å². The lowest BCUT2D eigenvalue weighted by atomic mass is 10.0. The summed E-state index contributed by atoms with van der Waals surface area (Å²) in [5.41, 5.74) is 0.920. The first-order chi connectivity index (χ1) is 12.5. The van der Waals surface area contributed by atoms with E-state index in [-0.39, 0.29) is 30.1 Å². The standard InChI is InChI=1S/C20H29N3O3/c1-15(2)19(22-17(24)14-16-8-4-3-5-9-16)20(26)21-11-7-13-23-12-6-10-18(23)25/h3-5,8-9,15,19H,6-7,10-14H2,1-2H3,(H,21,26)(H,22,24). The number of rotatable bonds is 9. The molecule has 6 nitrogen and oxygen atoms in total. The molecule has 0 bridgehead atoms. The van der Waals surface area contributed by atoms with Crippen molar-refractivity contribution in [1.82, 2.24) is 15.5 Å². The van der Waals surface area contributed by atoms with Gasteiger partial charge in [0.1, 0.15) is 6.04 Å². The Morgan fingerprint density at radius 3 is 2.54 bits per heavy atom. The van der Waals surface area contributed by atoms with Crippen molar-refractivity contribution in [3.8, 4) is 0 Å². The van der Waals surface area contributed by atoms with Gasteiger partial charge in [-0.1, -0.05) is 44.2 Å². The molecule has 0 aliphatic carbocycles. The summed E-state index contributed by atoms with van der Waals surface area (Å²) in [6.07, 6.45) is 2.54. The number of carbonyl (C=O) groups excluding carboxylic acids is 3. The number of hydrogen-bond donors (Lipinski definition) is 2. The first kappa shape index (κ1) is 19.9. The highest BCUT2D eigenvalue weighted by atomic mass is 16.2. The molecule has 0 saturated carbocycles. The Morgan fingerprint density at radius 2 is 1.92 bits per heavy atom. The van der Waals surface area contributed by atoms with Crippen LogP contribution in [0.1, 0.15) is 38.7 Å². The van der Waals surface area contributed by atoms with Crippen LogP contribution < -0.4 is 10.6 Å². The van der Waals surface area contributed by atoms with E-state index in [0.29, 0.717) is 19.5 Å². The van der Waals surface area contributed by atoms with E-state index >= 15 is 0 Å². The monoisotopic (exact) mass is 359 g/mol. The zero-order valence-corrected chi connectivity index (χ0v) is 15.7. The van der Waals surface area contributed by atoms with Crippen molar-refractivity contribution in [3.63, 3.8) is 0 Å². The van der Waals surface area contributed by atoms with Gasteiger partial charge in [0.25, 0.3) is 0 Å². The number of carbonyl (C=O) groups is 3. The van der Waals surface area contributed by atoms with Crippen molar-refractivity contribution in [2.24, 2.45) is 5.92 Å². The normalized spacial score (nSPS) is 15.2. The minimum Gasteiger partial charge on any atom is -0.354 e. The molecule has 26 heavy (non-hydrogen) atoms. The van der Waals surface area contributed by atoms with E-state index in [1.807, 2.05) is 49.1 Å². The van der Waals surface area contributed by atoms with Crippen molar-refractivity contribution in [2.45, 2.75) is 45.6 Å². The maximum absolute atomic E-state index is 12.4. The Bertz CT molecular complexity index is 616. The van der Waals surface area contributed by atoms with Gasteiger partial charge in [-0.2, -0.15) is 0 Å². The van der Waals surface area contributed by atoms with Gasteiger partial charge in [0.15, 0.2) is 0 Å². The molecule has 0 radical (unpaired) electrons. The quantitative estimate of drug-likeness (QED) is 0.656. The molecule has 1 atom stereocenters. The number of nitrogens with zero attached hydrogens (tertiary/aromatic N) is 1. The lowest BCUT2D eigenvalue weighted by Crippen LogP contribution is -2.50. The fourth-order valence-electron chi connectivity index (χ4n) is 3.07. The zero-order chi connectivity index (χ0) is 18.9. The first-order valence-corrected chi connectivity index (χ1v) is 9.36. The van der Waals surface area contributed by atoms with Gasteiger partial charge >= 0.3 is 0 Å². The van der Waals surface area contributed by atoms with Crippen LogP contribution in [0.15, 0.2) is 30.3 Å². The largest absolute Gasteiger partial charge is 0.354 e. The van der Waals surface area contributed by atoms with Crippen molar-refractivity contribution in [2.75, 3.05) is 19.6 Å². The summed E-state index contributed by atoms with van der Waals surface area (Å²) in [7, 11) is 0. The third-order valence-electron chi connectivity index (χ3n) is 4.55. The molecule has 1 saturated heterocycles. The van der Waals surface area contributed by atoms with Crippen LogP contribution in [0.2, 0.25) is 0 Å². The number of amides is 3. The van der Waals surface area contributed by atoms with Gasteiger partial charge < -0.3 is 15.5 Å². The summed E-state index contributed by atoms with van der Waals surface area (Å²) in [6, 6.07) is 8.91. The highest BCUT2D eigenvalue weighted by Crippen LogP contribution is 2.09. The number of benzene rings is 1. The molecule has 1 aliphatic heterocycles. The predicted molar refractivity (Wildman–Crippen MR) is 100 cm³/mol. The van der Waals surface area contributed by atoms with Crippen molar-refractivity contribution in [3.05, 3.63) is 35.9 Å². The third kappa shape index (κ3) is 6.17. The molecular weight excluding hydrogens is 330 g/mol. The second-order valence-electron chi connectivity index (χ2n) is 7.08. The minimum absolute atomic E-state index is 0.00474. The van der Waals surface area contributed by atoms with E-state index in [9.17, 15) is 14.4 Å². The molecule has 0 spiro atoms. The van der Waals surface area contributed by atoms with E-state index in [1.54, 1.807) is 0 Å². The predicted octanol–water partition coefficient (Wildman–Crippen LogP) is 1.50. The summed E-state index contributed by atoms with van der Waals surface area (Å²) in [6.45, 7) is 5.81.